The van der Waals surface area contributed by atoms with E-state index in [4.69, 9.17) is 5.73 Å². The van der Waals surface area contributed by atoms with Gasteiger partial charge in [0, 0.05) is 0 Å². The molecule has 0 saturated carbocycles. The number of hydrogen-bond donors (Lipinski definition) is 1. The van der Waals surface area contributed by atoms with Crippen LogP contribution in [0.3, 0.4) is 0 Å². The second-order valence-electron chi connectivity index (χ2n) is 3.38. The zero-order chi connectivity index (χ0) is 8.36. The summed E-state index contributed by atoms with van der Waals surface area (Å²) in [5, 5.41) is -0.0764. The first-order chi connectivity index (χ1) is 4.39. The summed E-state index contributed by atoms with van der Waals surface area (Å²) in [7, 11) is 0. The highest BCUT2D eigenvalue weighted by Gasteiger charge is 2.28. The minimum atomic E-state index is -0.222. The van der Waals surface area contributed by atoms with Crippen molar-refractivity contribution in [1.29, 1.82) is 0 Å². The van der Waals surface area contributed by atoms with Crippen molar-refractivity contribution in [2.75, 3.05) is 6.26 Å². The zero-order valence-electron chi connectivity index (χ0n) is 6.97. The molecule has 3 heteroatoms. The molecule has 0 saturated heterocycles. The SMILES string of the molecule is CSC(C(N)=O)C(C)(C)C. The second kappa shape index (κ2) is 3.28. The van der Waals surface area contributed by atoms with E-state index in [0.29, 0.717) is 0 Å². The van der Waals surface area contributed by atoms with Crippen LogP contribution in [0.4, 0.5) is 0 Å². The summed E-state index contributed by atoms with van der Waals surface area (Å²) in [4.78, 5) is 10.8. The molecule has 0 aliphatic rings. The Hall–Kier alpha value is -0.180. The van der Waals surface area contributed by atoms with Crippen molar-refractivity contribution in [1.82, 2.24) is 0 Å². The lowest BCUT2D eigenvalue weighted by Gasteiger charge is -2.25. The third-order valence-electron chi connectivity index (χ3n) is 1.28. The zero-order valence-corrected chi connectivity index (χ0v) is 7.79. The van der Waals surface area contributed by atoms with Crippen LogP contribution in [-0.2, 0) is 4.79 Å². The Labute approximate surface area is 66.6 Å². The van der Waals surface area contributed by atoms with Crippen LogP contribution in [0.2, 0.25) is 0 Å². The summed E-state index contributed by atoms with van der Waals surface area (Å²) in [5.41, 5.74) is 5.15. The quantitative estimate of drug-likeness (QED) is 0.662. The summed E-state index contributed by atoms with van der Waals surface area (Å²) in [6.07, 6.45) is 1.90. The molecule has 0 aliphatic carbocycles. The molecule has 0 spiro atoms. The molecule has 60 valence electrons. The van der Waals surface area contributed by atoms with E-state index in [1.54, 1.807) is 0 Å². The lowest BCUT2D eigenvalue weighted by atomic mass is 9.91. The maximum Gasteiger partial charge on any atom is 0.231 e. The fraction of sp³-hybridized carbons (Fsp3) is 0.857. The van der Waals surface area contributed by atoms with Crippen molar-refractivity contribution < 1.29 is 4.79 Å². The van der Waals surface area contributed by atoms with Gasteiger partial charge in [-0.1, -0.05) is 20.8 Å². The van der Waals surface area contributed by atoms with E-state index in [0.717, 1.165) is 0 Å². The molecule has 0 radical (unpaired) electrons. The van der Waals surface area contributed by atoms with Crippen molar-refractivity contribution in [2.24, 2.45) is 11.1 Å². The van der Waals surface area contributed by atoms with Crippen LogP contribution in [0.5, 0.6) is 0 Å². The molecule has 0 aromatic rings. The average Bonchev–Trinajstić information content (AvgIpc) is 1.60. The van der Waals surface area contributed by atoms with Crippen LogP contribution in [0.15, 0.2) is 0 Å². The van der Waals surface area contributed by atoms with Gasteiger partial charge in [0.2, 0.25) is 5.91 Å². The monoisotopic (exact) mass is 161 g/mol. The van der Waals surface area contributed by atoms with Gasteiger partial charge in [0.15, 0.2) is 0 Å². The lowest BCUT2D eigenvalue weighted by Crippen LogP contribution is -2.36. The Bertz CT molecular complexity index is 128. The topological polar surface area (TPSA) is 43.1 Å². The highest BCUT2D eigenvalue weighted by molar-refractivity contribution is 7.99. The number of rotatable bonds is 2. The Morgan fingerprint density at radius 3 is 1.90 bits per heavy atom. The number of primary amides is 1. The molecule has 0 aromatic carbocycles. The highest BCUT2D eigenvalue weighted by Crippen LogP contribution is 2.27. The fourth-order valence-corrected chi connectivity index (χ4v) is 1.84. The predicted octanol–water partition coefficient (Wildman–Crippen LogP) is 1.25. The molecular weight excluding hydrogens is 146 g/mol. The maximum atomic E-state index is 10.8. The molecule has 0 aromatic heterocycles. The Balaban J connectivity index is 4.22. The smallest absolute Gasteiger partial charge is 0.231 e. The van der Waals surface area contributed by atoms with Gasteiger partial charge >= 0.3 is 0 Å². The van der Waals surface area contributed by atoms with Crippen LogP contribution in [0.1, 0.15) is 20.8 Å². The van der Waals surface area contributed by atoms with E-state index in [1.807, 2.05) is 27.0 Å². The van der Waals surface area contributed by atoms with E-state index in [2.05, 4.69) is 0 Å². The lowest BCUT2D eigenvalue weighted by molar-refractivity contribution is -0.119. The minimum Gasteiger partial charge on any atom is -0.369 e. The van der Waals surface area contributed by atoms with E-state index in [9.17, 15) is 4.79 Å². The van der Waals surface area contributed by atoms with Gasteiger partial charge in [-0.3, -0.25) is 4.79 Å². The van der Waals surface area contributed by atoms with E-state index < -0.39 is 0 Å². The molecule has 2 nitrogen and oxygen atoms in total. The number of carbonyl (C=O) groups excluding carboxylic acids is 1. The average molecular weight is 161 g/mol. The number of thioether (sulfide) groups is 1. The molecular formula is C7H15NOS. The van der Waals surface area contributed by atoms with Crippen molar-refractivity contribution in [3.8, 4) is 0 Å². The molecule has 0 aliphatic heterocycles. The molecule has 1 atom stereocenters. The van der Waals surface area contributed by atoms with Gasteiger partial charge in [0.1, 0.15) is 0 Å². The van der Waals surface area contributed by atoms with Crippen LogP contribution >= 0.6 is 11.8 Å². The first kappa shape index (κ1) is 9.82. The molecule has 0 heterocycles. The Morgan fingerprint density at radius 2 is 1.90 bits per heavy atom. The van der Waals surface area contributed by atoms with Gasteiger partial charge in [-0.15, -0.1) is 0 Å². The van der Waals surface area contributed by atoms with Gasteiger partial charge < -0.3 is 5.73 Å². The number of hydrogen-bond acceptors (Lipinski definition) is 2. The summed E-state index contributed by atoms with van der Waals surface area (Å²) < 4.78 is 0. The summed E-state index contributed by atoms with van der Waals surface area (Å²) in [6.45, 7) is 6.04. The normalized spacial score (nSPS) is 14.8. The number of carbonyl (C=O) groups is 1. The van der Waals surface area contributed by atoms with E-state index >= 15 is 0 Å². The van der Waals surface area contributed by atoms with E-state index in [-0.39, 0.29) is 16.6 Å². The van der Waals surface area contributed by atoms with Crippen molar-refractivity contribution in [3.05, 3.63) is 0 Å². The Morgan fingerprint density at radius 1 is 1.50 bits per heavy atom. The van der Waals surface area contributed by atoms with Crippen LogP contribution < -0.4 is 5.73 Å². The molecule has 0 fully saturated rings. The standard InChI is InChI=1S/C7H15NOS/c1-7(2,3)5(10-4)6(8)9/h5H,1-4H3,(H2,8,9). The second-order valence-corrected chi connectivity index (χ2v) is 4.33. The van der Waals surface area contributed by atoms with Crippen LogP contribution in [-0.4, -0.2) is 17.4 Å². The summed E-state index contributed by atoms with van der Waals surface area (Å²) >= 11 is 1.51. The molecule has 1 unspecified atom stereocenters. The van der Waals surface area contributed by atoms with Crippen molar-refractivity contribution >= 4 is 17.7 Å². The van der Waals surface area contributed by atoms with Crippen molar-refractivity contribution in [3.63, 3.8) is 0 Å². The first-order valence-corrected chi connectivity index (χ1v) is 4.50. The summed E-state index contributed by atoms with van der Waals surface area (Å²) in [5.74, 6) is -0.222. The van der Waals surface area contributed by atoms with E-state index in [1.165, 1.54) is 11.8 Å². The van der Waals surface area contributed by atoms with Crippen molar-refractivity contribution in [2.45, 2.75) is 26.0 Å². The van der Waals surface area contributed by atoms with Gasteiger partial charge in [-0.2, -0.15) is 11.8 Å². The summed E-state index contributed by atoms with van der Waals surface area (Å²) in [6, 6.07) is 0. The molecule has 0 rings (SSSR count). The third kappa shape index (κ3) is 2.60. The predicted molar refractivity (Wildman–Crippen MR) is 46.0 cm³/mol. The molecule has 0 bridgehead atoms. The number of nitrogens with two attached hydrogens (primary N) is 1. The van der Waals surface area contributed by atoms with Gasteiger partial charge in [0.05, 0.1) is 5.25 Å². The molecule has 2 N–H and O–H groups in total. The van der Waals surface area contributed by atoms with Gasteiger partial charge in [-0.05, 0) is 11.7 Å². The Kier molecular flexibility index (Phi) is 3.22. The first-order valence-electron chi connectivity index (χ1n) is 3.21. The third-order valence-corrected chi connectivity index (χ3v) is 2.69. The molecule has 1 amide bonds. The minimum absolute atomic E-state index is 0.0226. The fourth-order valence-electron chi connectivity index (χ4n) is 0.896. The number of amides is 1. The van der Waals surface area contributed by atoms with Crippen LogP contribution in [0, 0.1) is 5.41 Å². The molecule has 10 heavy (non-hydrogen) atoms. The largest absolute Gasteiger partial charge is 0.369 e. The maximum absolute atomic E-state index is 10.8. The highest BCUT2D eigenvalue weighted by atomic mass is 32.2. The van der Waals surface area contributed by atoms with Crippen LogP contribution in [0.25, 0.3) is 0 Å². The van der Waals surface area contributed by atoms with Gasteiger partial charge in [-0.25, -0.2) is 0 Å². The van der Waals surface area contributed by atoms with Gasteiger partial charge in [0.25, 0.3) is 0 Å².